The van der Waals surface area contributed by atoms with Crippen molar-refractivity contribution in [3.63, 3.8) is 0 Å². The van der Waals surface area contributed by atoms with Crippen molar-refractivity contribution in [1.29, 1.82) is 0 Å². The highest BCUT2D eigenvalue weighted by Crippen LogP contribution is 2.29. The lowest BCUT2D eigenvalue weighted by molar-refractivity contribution is -0.133. The van der Waals surface area contributed by atoms with E-state index in [-0.39, 0.29) is 28.7 Å². The van der Waals surface area contributed by atoms with Gasteiger partial charge in [-0.1, -0.05) is 19.3 Å². The van der Waals surface area contributed by atoms with Gasteiger partial charge in [-0.15, -0.1) is 0 Å². The molecule has 0 radical (unpaired) electrons. The Morgan fingerprint density at radius 3 is 2.37 bits per heavy atom. The van der Waals surface area contributed by atoms with Crippen molar-refractivity contribution in [3.8, 4) is 5.69 Å². The molecular formula is C27H29F3N4O4. The second-order valence-electron chi connectivity index (χ2n) is 10.3. The van der Waals surface area contributed by atoms with E-state index in [2.05, 4.69) is 10.3 Å². The Bertz CT molecular complexity index is 1470. The summed E-state index contributed by atoms with van der Waals surface area (Å²) in [4.78, 5) is 43.5. The zero-order valence-electron chi connectivity index (χ0n) is 20.7. The molecule has 2 fully saturated rings. The Morgan fingerprint density at radius 1 is 0.974 bits per heavy atom. The van der Waals surface area contributed by atoms with Gasteiger partial charge in [0, 0.05) is 18.2 Å². The van der Waals surface area contributed by atoms with Gasteiger partial charge in [0.15, 0.2) is 17.3 Å². The van der Waals surface area contributed by atoms with Crippen LogP contribution in [0.15, 0.2) is 40.1 Å². The summed E-state index contributed by atoms with van der Waals surface area (Å²) in [6.07, 6.45) is 6.22. The highest BCUT2D eigenvalue weighted by Gasteiger charge is 2.32. The number of aliphatic hydroxyl groups excluding tert-OH is 1. The molecule has 2 aliphatic carbocycles. The number of hydrogen-bond acceptors (Lipinski definition) is 5. The number of carbonyl (C=O) groups is 1. The number of hydrogen-bond donors (Lipinski definition) is 2. The minimum Gasteiger partial charge on any atom is -0.383 e. The van der Waals surface area contributed by atoms with E-state index in [1.807, 2.05) is 0 Å². The SMILES string of the molecule is O=C(N[C@H]1CC[C@@H](n2c(=O)c3cc(F)cnc3n(-c3ccc(F)c(F)c3)c2=O)CC1)[C@H](O)C1CCCCC1. The molecule has 2 aromatic heterocycles. The minimum absolute atomic E-state index is 0.0416. The molecule has 202 valence electrons. The molecule has 2 saturated carbocycles. The monoisotopic (exact) mass is 530 g/mol. The summed E-state index contributed by atoms with van der Waals surface area (Å²) in [7, 11) is 0. The van der Waals surface area contributed by atoms with Gasteiger partial charge in [0.05, 0.1) is 17.3 Å². The van der Waals surface area contributed by atoms with Crippen LogP contribution >= 0.6 is 0 Å². The molecule has 0 aliphatic heterocycles. The number of aromatic nitrogens is 3. The van der Waals surface area contributed by atoms with Gasteiger partial charge in [0.2, 0.25) is 5.91 Å². The number of benzene rings is 1. The first-order valence-corrected chi connectivity index (χ1v) is 13.0. The predicted octanol–water partition coefficient (Wildman–Crippen LogP) is 3.51. The second kappa shape index (κ2) is 10.7. The highest BCUT2D eigenvalue weighted by atomic mass is 19.2. The van der Waals surface area contributed by atoms with E-state index in [0.717, 1.165) is 65.6 Å². The highest BCUT2D eigenvalue weighted by molar-refractivity contribution is 5.81. The van der Waals surface area contributed by atoms with E-state index in [1.165, 1.54) is 6.07 Å². The summed E-state index contributed by atoms with van der Waals surface area (Å²) in [5, 5.41) is 13.2. The molecule has 0 unspecified atom stereocenters. The molecular weight excluding hydrogens is 501 g/mol. The van der Waals surface area contributed by atoms with E-state index >= 15 is 0 Å². The van der Waals surface area contributed by atoms with Crippen molar-refractivity contribution in [2.24, 2.45) is 5.92 Å². The number of rotatable bonds is 5. The predicted molar refractivity (Wildman–Crippen MR) is 133 cm³/mol. The van der Waals surface area contributed by atoms with Crippen LogP contribution in [-0.4, -0.2) is 37.3 Å². The number of halogens is 3. The van der Waals surface area contributed by atoms with Gasteiger partial charge in [-0.25, -0.2) is 27.5 Å². The second-order valence-corrected chi connectivity index (χ2v) is 10.3. The van der Waals surface area contributed by atoms with Crippen LogP contribution in [0.5, 0.6) is 0 Å². The number of nitrogens with zero attached hydrogens (tertiary/aromatic N) is 3. The van der Waals surface area contributed by atoms with E-state index in [9.17, 15) is 32.7 Å². The number of pyridine rings is 1. The maximum atomic E-state index is 14.0. The van der Waals surface area contributed by atoms with Crippen LogP contribution in [0.2, 0.25) is 0 Å². The fourth-order valence-electron chi connectivity index (χ4n) is 5.79. The van der Waals surface area contributed by atoms with Gasteiger partial charge in [0.25, 0.3) is 5.56 Å². The molecule has 2 N–H and O–H groups in total. The van der Waals surface area contributed by atoms with Crippen molar-refractivity contribution < 1.29 is 23.1 Å². The summed E-state index contributed by atoms with van der Waals surface area (Å²) in [5.41, 5.74) is -1.74. The third kappa shape index (κ3) is 4.99. The van der Waals surface area contributed by atoms with Crippen LogP contribution in [0.1, 0.15) is 63.8 Å². The molecule has 1 amide bonds. The molecule has 0 bridgehead atoms. The lowest BCUT2D eigenvalue weighted by Crippen LogP contribution is -2.48. The first kappa shape index (κ1) is 26.1. The average molecular weight is 531 g/mol. The Kier molecular flexibility index (Phi) is 7.38. The molecule has 38 heavy (non-hydrogen) atoms. The van der Waals surface area contributed by atoms with Gasteiger partial charge in [-0.2, -0.15) is 0 Å². The minimum atomic E-state index is -1.19. The third-order valence-corrected chi connectivity index (χ3v) is 7.83. The van der Waals surface area contributed by atoms with Crippen molar-refractivity contribution in [2.75, 3.05) is 0 Å². The Labute approximate surface area is 216 Å². The Balaban J connectivity index is 1.42. The summed E-state index contributed by atoms with van der Waals surface area (Å²) in [6.45, 7) is 0. The van der Waals surface area contributed by atoms with Crippen LogP contribution in [-0.2, 0) is 4.79 Å². The first-order valence-electron chi connectivity index (χ1n) is 13.0. The van der Waals surface area contributed by atoms with Crippen LogP contribution < -0.4 is 16.6 Å². The molecule has 2 heterocycles. The van der Waals surface area contributed by atoms with E-state index < -0.39 is 46.8 Å². The van der Waals surface area contributed by atoms with Gasteiger partial charge < -0.3 is 10.4 Å². The number of fused-ring (bicyclic) bond motifs is 1. The maximum absolute atomic E-state index is 14.0. The van der Waals surface area contributed by atoms with Gasteiger partial charge >= 0.3 is 5.69 Å². The molecule has 11 heteroatoms. The molecule has 0 saturated heterocycles. The smallest absolute Gasteiger partial charge is 0.337 e. The van der Waals surface area contributed by atoms with E-state index in [4.69, 9.17) is 0 Å². The zero-order chi connectivity index (χ0) is 27.0. The first-order chi connectivity index (χ1) is 18.2. The zero-order valence-corrected chi connectivity index (χ0v) is 20.7. The number of carbonyl (C=O) groups excluding carboxylic acids is 1. The Hall–Kier alpha value is -3.47. The normalized spacial score (nSPS) is 21.4. The topological polar surface area (TPSA) is 106 Å². The van der Waals surface area contributed by atoms with Gasteiger partial charge in [0.1, 0.15) is 11.9 Å². The quantitative estimate of drug-likeness (QED) is 0.525. The summed E-state index contributed by atoms with van der Waals surface area (Å²) in [5.74, 6) is -3.51. The van der Waals surface area contributed by atoms with E-state index in [0.29, 0.717) is 25.7 Å². The standard InChI is InChI=1S/C27H29F3N4O4/c28-16-12-20-24(31-14-16)33(19-10-11-21(29)22(30)13-19)27(38)34(26(20)37)18-8-6-17(7-9-18)32-25(36)23(35)15-4-2-1-3-5-15/h10-15,17-18,23,35H,1-9H2,(H,32,36)/t17-,18+,23-/m1/s1. The molecule has 1 atom stereocenters. The number of nitrogens with one attached hydrogen (secondary N) is 1. The Morgan fingerprint density at radius 2 is 1.68 bits per heavy atom. The van der Waals surface area contributed by atoms with Crippen LogP contribution in [0.3, 0.4) is 0 Å². The number of aliphatic hydroxyl groups is 1. The fourth-order valence-corrected chi connectivity index (χ4v) is 5.79. The molecule has 0 spiro atoms. The summed E-state index contributed by atoms with van der Waals surface area (Å²) < 4.78 is 43.6. The fraction of sp³-hybridized carbons (Fsp3) is 0.481. The van der Waals surface area contributed by atoms with E-state index in [1.54, 1.807) is 0 Å². The van der Waals surface area contributed by atoms with Crippen LogP contribution in [0.4, 0.5) is 13.2 Å². The van der Waals surface area contributed by atoms with Crippen LogP contribution in [0, 0.1) is 23.4 Å². The van der Waals surface area contributed by atoms with Crippen molar-refractivity contribution in [3.05, 3.63) is 68.8 Å². The number of amides is 1. The van der Waals surface area contributed by atoms with Gasteiger partial charge in [-0.05, 0) is 62.6 Å². The van der Waals surface area contributed by atoms with Crippen molar-refractivity contribution in [2.45, 2.75) is 76.0 Å². The van der Waals surface area contributed by atoms with Gasteiger partial charge in [-0.3, -0.25) is 14.2 Å². The lowest BCUT2D eigenvalue weighted by Gasteiger charge is -2.32. The third-order valence-electron chi connectivity index (χ3n) is 7.83. The summed E-state index contributed by atoms with van der Waals surface area (Å²) in [6, 6.07) is 3.05. The largest absolute Gasteiger partial charge is 0.383 e. The maximum Gasteiger partial charge on any atom is 0.337 e. The molecule has 8 nitrogen and oxygen atoms in total. The average Bonchev–Trinajstić information content (AvgIpc) is 2.92. The molecule has 3 aromatic rings. The van der Waals surface area contributed by atoms with Crippen molar-refractivity contribution in [1.82, 2.24) is 19.4 Å². The van der Waals surface area contributed by atoms with Crippen molar-refractivity contribution >= 4 is 16.9 Å². The molecule has 5 rings (SSSR count). The lowest BCUT2D eigenvalue weighted by atomic mass is 9.84. The van der Waals surface area contributed by atoms with Crippen LogP contribution in [0.25, 0.3) is 16.7 Å². The summed E-state index contributed by atoms with van der Waals surface area (Å²) >= 11 is 0. The molecule has 1 aromatic carbocycles. The molecule has 2 aliphatic rings.